The van der Waals surface area contributed by atoms with Crippen LogP contribution in [0, 0.1) is 18.8 Å². The van der Waals surface area contributed by atoms with E-state index in [4.69, 9.17) is 14.9 Å². The molecule has 5 nitrogen and oxygen atoms in total. The third-order valence-electron chi connectivity index (χ3n) is 2.85. The molecule has 2 rings (SSSR count). The molecule has 0 fully saturated rings. The third-order valence-corrected chi connectivity index (χ3v) is 2.85. The van der Waals surface area contributed by atoms with Crippen molar-refractivity contribution in [1.82, 2.24) is 0 Å². The van der Waals surface area contributed by atoms with Crippen LogP contribution >= 0.6 is 0 Å². The molecule has 0 saturated carbocycles. The number of methoxy groups -OCH3 is 1. The monoisotopic (exact) mass is 284 g/mol. The number of nitrogens with two attached hydrogens (primary N) is 1. The molecule has 0 aliphatic carbocycles. The molecule has 3 N–H and O–H groups in total. The van der Waals surface area contributed by atoms with Crippen LogP contribution in [-0.4, -0.2) is 19.6 Å². The van der Waals surface area contributed by atoms with Gasteiger partial charge in [-0.2, -0.15) is 0 Å². The van der Waals surface area contributed by atoms with Crippen LogP contribution in [0.15, 0.2) is 34.9 Å². The second-order valence-electron chi connectivity index (χ2n) is 4.31. The first-order valence-electron chi connectivity index (χ1n) is 6.38. The Labute approximate surface area is 123 Å². The van der Waals surface area contributed by atoms with Crippen LogP contribution in [0.3, 0.4) is 0 Å². The average Bonchev–Trinajstić information content (AvgIpc) is 2.91. The maximum atomic E-state index is 12.2. The summed E-state index contributed by atoms with van der Waals surface area (Å²) in [5, 5.41) is 2.76. The number of carbonyl (C=O) groups is 1. The van der Waals surface area contributed by atoms with E-state index in [1.165, 1.54) is 13.4 Å². The summed E-state index contributed by atoms with van der Waals surface area (Å²) < 4.78 is 10.4. The van der Waals surface area contributed by atoms with Gasteiger partial charge in [-0.15, -0.1) is 0 Å². The standard InChI is InChI=1S/C16H16N2O3/c1-11-7-9-21-15(11)16(19)18-13-10-12(4-3-8-17)5-6-14(13)20-2/h5-7,9-10H,8,17H2,1-2H3,(H,18,19). The molecule has 1 aromatic carbocycles. The van der Waals surface area contributed by atoms with Crippen LogP contribution in [0.25, 0.3) is 0 Å². The Hall–Kier alpha value is -2.71. The van der Waals surface area contributed by atoms with Gasteiger partial charge >= 0.3 is 0 Å². The first-order valence-corrected chi connectivity index (χ1v) is 6.38. The van der Waals surface area contributed by atoms with Gasteiger partial charge in [-0.3, -0.25) is 4.79 Å². The fourth-order valence-electron chi connectivity index (χ4n) is 1.82. The number of furan rings is 1. The minimum atomic E-state index is -0.334. The van der Waals surface area contributed by atoms with Gasteiger partial charge in [-0.05, 0) is 31.2 Å². The molecule has 0 bridgehead atoms. The Morgan fingerprint density at radius 2 is 2.24 bits per heavy atom. The van der Waals surface area contributed by atoms with Gasteiger partial charge < -0.3 is 20.2 Å². The van der Waals surface area contributed by atoms with Gasteiger partial charge in [0.25, 0.3) is 5.91 Å². The molecule has 0 atom stereocenters. The number of benzene rings is 1. The van der Waals surface area contributed by atoms with E-state index in [0.717, 1.165) is 11.1 Å². The Morgan fingerprint density at radius 1 is 1.43 bits per heavy atom. The van der Waals surface area contributed by atoms with E-state index in [1.54, 1.807) is 31.2 Å². The fraction of sp³-hybridized carbons (Fsp3) is 0.188. The minimum absolute atomic E-state index is 0.274. The molecule has 21 heavy (non-hydrogen) atoms. The number of amides is 1. The van der Waals surface area contributed by atoms with Gasteiger partial charge in [0, 0.05) is 11.1 Å². The molecule has 1 aromatic heterocycles. The Balaban J connectivity index is 2.29. The maximum absolute atomic E-state index is 12.2. The lowest BCUT2D eigenvalue weighted by Crippen LogP contribution is -2.13. The molecule has 1 heterocycles. The summed E-state index contributed by atoms with van der Waals surface area (Å²) in [4.78, 5) is 12.2. The number of hydrogen-bond acceptors (Lipinski definition) is 4. The van der Waals surface area contributed by atoms with Crippen molar-refractivity contribution in [3.05, 3.63) is 47.4 Å². The number of hydrogen-bond donors (Lipinski definition) is 2. The van der Waals surface area contributed by atoms with E-state index in [2.05, 4.69) is 17.2 Å². The predicted molar refractivity (Wildman–Crippen MR) is 80.3 cm³/mol. The van der Waals surface area contributed by atoms with Gasteiger partial charge in [-0.1, -0.05) is 11.8 Å². The average molecular weight is 284 g/mol. The van der Waals surface area contributed by atoms with Crippen LogP contribution in [0.5, 0.6) is 5.75 Å². The van der Waals surface area contributed by atoms with Crippen molar-refractivity contribution in [3.8, 4) is 17.6 Å². The lowest BCUT2D eigenvalue weighted by atomic mass is 10.1. The summed E-state index contributed by atoms with van der Waals surface area (Å²) >= 11 is 0. The molecule has 5 heteroatoms. The Morgan fingerprint density at radius 3 is 2.86 bits per heavy atom. The molecule has 0 unspecified atom stereocenters. The summed E-state index contributed by atoms with van der Waals surface area (Å²) in [7, 11) is 1.54. The summed E-state index contributed by atoms with van der Waals surface area (Å²) in [6.07, 6.45) is 1.48. The van der Waals surface area contributed by atoms with E-state index in [1.807, 2.05) is 0 Å². The van der Waals surface area contributed by atoms with Crippen LogP contribution < -0.4 is 15.8 Å². The van der Waals surface area contributed by atoms with Crippen molar-refractivity contribution >= 4 is 11.6 Å². The summed E-state index contributed by atoms with van der Waals surface area (Å²) in [5.74, 6) is 6.16. The smallest absolute Gasteiger partial charge is 0.291 e. The molecular formula is C16H16N2O3. The molecule has 0 spiro atoms. The zero-order chi connectivity index (χ0) is 15.2. The Kier molecular flexibility index (Phi) is 4.64. The van der Waals surface area contributed by atoms with E-state index in [9.17, 15) is 4.79 Å². The minimum Gasteiger partial charge on any atom is -0.495 e. The molecule has 0 radical (unpaired) electrons. The number of ether oxygens (including phenoxy) is 1. The van der Waals surface area contributed by atoms with Crippen molar-refractivity contribution in [2.75, 3.05) is 19.0 Å². The zero-order valence-corrected chi connectivity index (χ0v) is 11.9. The van der Waals surface area contributed by atoms with Gasteiger partial charge in [0.05, 0.1) is 25.6 Å². The lowest BCUT2D eigenvalue weighted by Gasteiger charge is -2.10. The molecule has 0 aliphatic heterocycles. The van der Waals surface area contributed by atoms with Crippen molar-refractivity contribution < 1.29 is 13.9 Å². The SMILES string of the molecule is COc1ccc(C#CCN)cc1NC(=O)c1occc1C. The van der Waals surface area contributed by atoms with Crippen molar-refractivity contribution in [1.29, 1.82) is 0 Å². The topological polar surface area (TPSA) is 77.5 Å². The van der Waals surface area contributed by atoms with Crippen molar-refractivity contribution in [3.63, 3.8) is 0 Å². The first kappa shape index (κ1) is 14.7. The van der Waals surface area contributed by atoms with E-state index >= 15 is 0 Å². The number of rotatable bonds is 3. The summed E-state index contributed by atoms with van der Waals surface area (Å²) in [6.45, 7) is 2.08. The molecule has 1 amide bonds. The quantitative estimate of drug-likeness (QED) is 0.847. The largest absolute Gasteiger partial charge is 0.495 e. The van der Waals surface area contributed by atoms with Crippen molar-refractivity contribution in [2.24, 2.45) is 5.73 Å². The number of aryl methyl sites for hydroxylation is 1. The molecule has 108 valence electrons. The van der Waals surface area contributed by atoms with Gasteiger partial charge in [0.1, 0.15) is 5.75 Å². The summed E-state index contributed by atoms with van der Waals surface area (Å²) in [5.41, 5.74) is 7.39. The van der Waals surface area contributed by atoms with Crippen LogP contribution in [0.1, 0.15) is 21.7 Å². The van der Waals surface area contributed by atoms with E-state index in [-0.39, 0.29) is 18.2 Å². The summed E-state index contributed by atoms with van der Waals surface area (Å²) in [6, 6.07) is 7.01. The highest BCUT2D eigenvalue weighted by atomic mass is 16.5. The molecule has 0 saturated heterocycles. The highest BCUT2D eigenvalue weighted by molar-refractivity contribution is 6.04. The van der Waals surface area contributed by atoms with E-state index < -0.39 is 0 Å². The fourth-order valence-corrected chi connectivity index (χ4v) is 1.82. The normalized spacial score (nSPS) is 9.67. The highest BCUT2D eigenvalue weighted by Crippen LogP contribution is 2.26. The van der Waals surface area contributed by atoms with Crippen LogP contribution in [-0.2, 0) is 0 Å². The third kappa shape index (κ3) is 3.44. The van der Waals surface area contributed by atoms with Crippen molar-refractivity contribution in [2.45, 2.75) is 6.92 Å². The number of nitrogens with one attached hydrogen (secondary N) is 1. The second kappa shape index (κ2) is 6.64. The maximum Gasteiger partial charge on any atom is 0.291 e. The first-order chi connectivity index (χ1) is 10.2. The number of anilines is 1. The molecular weight excluding hydrogens is 268 g/mol. The van der Waals surface area contributed by atoms with Crippen LogP contribution in [0.2, 0.25) is 0 Å². The van der Waals surface area contributed by atoms with Crippen LogP contribution in [0.4, 0.5) is 5.69 Å². The molecule has 2 aromatic rings. The Bertz CT molecular complexity index is 708. The predicted octanol–water partition coefficient (Wildman–Crippen LogP) is 2.16. The molecule has 0 aliphatic rings. The second-order valence-corrected chi connectivity index (χ2v) is 4.31. The van der Waals surface area contributed by atoms with Gasteiger partial charge in [-0.25, -0.2) is 0 Å². The van der Waals surface area contributed by atoms with Gasteiger partial charge in [0.2, 0.25) is 0 Å². The lowest BCUT2D eigenvalue weighted by molar-refractivity contribution is 0.0995. The number of carbonyl (C=O) groups excluding carboxylic acids is 1. The van der Waals surface area contributed by atoms with Gasteiger partial charge in [0.15, 0.2) is 5.76 Å². The highest BCUT2D eigenvalue weighted by Gasteiger charge is 2.15. The zero-order valence-electron chi connectivity index (χ0n) is 11.9. The van der Waals surface area contributed by atoms with E-state index in [0.29, 0.717) is 11.4 Å².